The summed E-state index contributed by atoms with van der Waals surface area (Å²) in [5.41, 5.74) is -2.63. The van der Waals surface area contributed by atoms with Crippen molar-refractivity contribution in [2.45, 2.75) is 235 Å². The third kappa shape index (κ3) is 8.40. The Hall–Kier alpha value is -0.760. The van der Waals surface area contributed by atoms with Gasteiger partial charge in [0.1, 0.15) is 73.2 Å². The SMILES string of the molecule is CC(C)(O[C@@H]1O[C@H](CO)[C@@H](O)C(O)C1O)[C@@H]1CC[C@@](C)([C@H]2[C@H](O)C[C@]3(C)[C@@H]2CC[C@@H]2[C@@]4(C)CC[C@H](O[C@@H]5O[C@H](CO)[C@@H](O)[C@H](O)[C@H]5O[C@@H]5O[C@H](CO)[C@@H](O)[C@H](O)[C@H]5O)C(C)(C)[C@@H]4CC[C@]23C)O1. The minimum Gasteiger partial charge on any atom is -0.394 e. The highest BCUT2D eigenvalue weighted by Gasteiger charge is 2.72. The molecule has 4 aliphatic carbocycles. The first-order valence-corrected chi connectivity index (χ1v) is 24.8. The predicted octanol–water partition coefficient (Wildman–Crippen LogP) is -0.816. The molecular weight excluding hydrogens is 881 g/mol. The molecule has 19 nitrogen and oxygen atoms in total. The predicted molar refractivity (Wildman–Crippen MR) is 233 cm³/mol. The van der Waals surface area contributed by atoms with Gasteiger partial charge in [-0.1, -0.05) is 34.6 Å². The van der Waals surface area contributed by atoms with Crippen LogP contribution in [-0.4, -0.2) is 203 Å². The van der Waals surface area contributed by atoms with Crippen LogP contribution in [0.15, 0.2) is 0 Å². The summed E-state index contributed by atoms with van der Waals surface area (Å²) in [5, 5.41) is 127. The smallest absolute Gasteiger partial charge is 0.187 e. The number of hydrogen-bond donors (Lipinski definition) is 12. The van der Waals surface area contributed by atoms with Gasteiger partial charge in [0.05, 0.1) is 49.3 Å². The van der Waals surface area contributed by atoms with Crippen LogP contribution in [0.25, 0.3) is 0 Å². The molecule has 67 heavy (non-hydrogen) atoms. The molecule has 388 valence electrons. The number of ether oxygens (including phenoxy) is 7. The fraction of sp³-hybridized carbons (Fsp3) is 1.00. The summed E-state index contributed by atoms with van der Waals surface area (Å²) >= 11 is 0. The maximum Gasteiger partial charge on any atom is 0.187 e. The molecule has 8 aliphatic rings. The summed E-state index contributed by atoms with van der Waals surface area (Å²) in [6.07, 6.45) is -16.8. The van der Waals surface area contributed by atoms with Crippen molar-refractivity contribution in [2.75, 3.05) is 19.8 Å². The van der Waals surface area contributed by atoms with Gasteiger partial charge in [-0.15, -0.1) is 0 Å². The van der Waals surface area contributed by atoms with Crippen molar-refractivity contribution < 1.29 is 94.4 Å². The third-order valence-corrected chi connectivity index (χ3v) is 19.7. The maximum atomic E-state index is 12.3. The Morgan fingerprint density at radius 3 is 1.69 bits per heavy atom. The molecule has 0 aromatic heterocycles. The molecule has 0 amide bonds. The highest BCUT2D eigenvalue weighted by Crippen LogP contribution is 2.76. The number of aliphatic hydroxyl groups excluding tert-OH is 12. The van der Waals surface area contributed by atoms with Crippen molar-refractivity contribution in [1.29, 1.82) is 0 Å². The zero-order valence-electron chi connectivity index (χ0n) is 40.4. The molecule has 2 unspecified atom stereocenters. The lowest BCUT2D eigenvalue weighted by molar-refractivity contribution is -0.378. The summed E-state index contributed by atoms with van der Waals surface area (Å²) in [4.78, 5) is 0. The van der Waals surface area contributed by atoms with E-state index in [9.17, 15) is 61.3 Å². The minimum atomic E-state index is -1.78. The van der Waals surface area contributed by atoms with Crippen LogP contribution >= 0.6 is 0 Å². The number of hydrogen-bond acceptors (Lipinski definition) is 19. The van der Waals surface area contributed by atoms with E-state index >= 15 is 0 Å². The lowest BCUT2D eigenvalue weighted by atomic mass is 9.35. The standard InChI is InChI=1S/C48H82O19/c1-43(2)26-11-15-46(6)27(45(26,5)14-12-28(43)64-42-39(36(58)33(55)25(20-51)63-42)65-40-37(59)34(56)31(53)23(18-49)61-40)10-9-21-30(22(52)17-47(21,46)7)48(8)16-13-29(66-48)44(3,4)67-41-38(60)35(57)32(54)24(19-50)62-41/h21-42,49-60H,9-20H2,1-8H3/t21-,22-,23-,24-,25-,26+,27-,28+,29+,30-,31-,32-,33-,34+,35?,36+,37-,38?,39-,40+,41+,42+,45+,46-,47-,48+/m1/s1. The topological polar surface area (TPSA) is 307 Å². The molecule has 0 aromatic carbocycles. The molecule has 0 bridgehead atoms. The fourth-order valence-corrected chi connectivity index (χ4v) is 15.8. The summed E-state index contributed by atoms with van der Waals surface area (Å²) in [6.45, 7) is 15.5. The van der Waals surface area contributed by atoms with Crippen LogP contribution in [0.3, 0.4) is 0 Å². The van der Waals surface area contributed by atoms with Crippen LogP contribution in [0.1, 0.15) is 113 Å². The summed E-state index contributed by atoms with van der Waals surface area (Å²) in [5.74, 6) is 0.505. The second-order valence-electron chi connectivity index (χ2n) is 23.8. The Kier molecular flexibility index (Phi) is 14.6. The van der Waals surface area contributed by atoms with E-state index in [1.165, 1.54) is 0 Å². The molecule has 8 rings (SSSR count). The van der Waals surface area contributed by atoms with Gasteiger partial charge in [-0.05, 0) is 118 Å². The summed E-state index contributed by atoms with van der Waals surface area (Å²) in [7, 11) is 0. The Morgan fingerprint density at radius 2 is 1.09 bits per heavy atom. The Balaban J connectivity index is 0.973. The van der Waals surface area contributed by atoms with Gasteiger partial charge >= 0.3 is 0 Å². The zero-order chi connectivity index (χ0) is 49.1. The van der Waals surface area contributed by atoms with Crippen molar-refractivity contribution in [3.05, 3.63) is 0 Å². The number of rotatable bonds is 11. The second kappa shape index (κ2) is 18.6. The van der Waals surface area contributed by atoms with Crippen LogP contribution in [0.4, 0.5) is 0 Å². The average molecular weight is 963 g/mol. The molecule has 0 radical (unpaired) electrons. The van der Waals surface area contributed by atoms with E-state index in [4.69, 9.17) is 33.2 Å². The van der Waals surface area contributed by atoms with Gasteiger partial charge in [-0.3, -0.25) is 0 Å². The van der Waals surface area contributed by atoms with Gasteiger partial charge in [-0.2, -0.15) is 0 Å². The highest BCUT2D eigenvalue weighted by molar-refractivity contribution is 5.20. The van der Waals surface area contributed by atoms with Crippen LogP contribution < -0.4 is 0 Å². The van der Waals surface area contributed by atoms with Crippen molar-refractivity contribution >= 4 is 0 Å². The van der Waals surface area contributed by atoms with E-state index in [2.05, 4.69) is 41.5 Å². The van der Waals surface area contributed by atoms with Gasteiger partial charge in [0.15, 0.2) is 18.9 Å². The molecule has 12 N–H and O–H groups in total. The molecule has 26 atom stereocenters. The third-order valence-electron chi connectivity index (χ3n) is 19.7. The van der Waals surface area contributed by atoms with Gasteiger partial charge in [-0.25, -0.2) is 0 Å². The number of aliphatic hydroxyl groups is 12. The normalized spacial score (nSPS) is 55.7. The first kappa shape index (κ1) is 52.6. The highest BCUT2D eigenvalue weighted by atomic mass is 16.8. The quantitative estimate of drug-likeness (QED) is 0.113. The fourth-order valence-electron chi connectivity index (χ4n) is 15.8. The monoisotopic (exact) mass is 963 g/mol. The van der Waals surface area contributed by atoms with E-state index in [1.54, 1.807) is 0 Å². The Morgan fingerprint density at radius 1 is 0.537 bits per heavy atom. The largest absolute Gasteiger partial charge is 0.394 e. The van der Waals surface area contributed by atoms with E-state index in [0.717, 1.165) is 32.1 Å². The maximum absolute atomic E-state index is 12.3. The Bertz CT molecular complexity index is 1720. The van der Waals surface area contributed by atoms with Crippen LogP contribution in [0.5, 0.6) is 0 Å². The lowest BCUT2D eigenvalue weighted by Crippen LogP contribution is -2.66. The molecular formula is C48H82O19. The van der Waals surface area contributed by atoms with E-state index in [1.807, 2.05) is 13.8 Å². The summed E-state index contributed by atoms with van der Waals surface area (Å²) in [6, 6.07) is 0. The van der Waals surface area contributed by atoms with E-state index in [-0.39, 0.29) is 34.0 Å². The minimum absolute atomic E-state index is 0.124. The first-order chi connectivity index (χ1) is 31.2. The van der Waals surface area contributed by atoms with E-state index < -0.39 is 147 Å². The average Bonchev–Trinajstić information content (AvgIpc) is 3.81. The second-order valence-corrected chi connectivity index (χ2v) is 23.8. The van der Waals surface area contributed by atoms with Gasteiger partial charge in [0.2, 0.25) is 0 Å². The van der Waals surface area contributed by atoms with Gasteiger partial charge < -0.3 is 94.4 Å². The lowest BCUT2D eigenvalue weighted by Gasteiger charge is -2.70. The molecule has 4 aliphatic heterocycles. The molecule has 0 spiro atoms. The molecule has 8 fully saturated rings. The first-order valence-electron chi connectivity index (χ1n) is 24.8. The molecule has 19 heteroatoms. The van der Waals surface area contributed by atoms with Crippen molar-refractivity contribution in [1.82, 2.24) is 0 Å². The molecule has 4 heterocycles. The van der Waals surface area contributed by atoms with Crippen LogP contribution in [-0.2, 0) is 33.2 Å². The van der Waals surface area contributed by atoms with Crippen molar-refractivity contribution in [3.63, 3.8) is 0 Å². The van der Waals surface area contributed by atoms with Gasteiger partial charge in [0, 0.05) is 5.92 Å². The molecule has 0 aromatic rings. The van der Waals surface area contributed by atoms with Crippen molar-refractivity contribution in [3.8, 4) is 0 Å². The summed E-state index contributed by atoms with van der Waals surface area (Å²) < 4.78 is 43.5. The van der Waals surface area contributed by atoms with E-state index in [0.29, 0.717) is 31.6 Å². The zero-order valence-corrected chi connectivity index (χ0v) is 40.4. The van der Waals surface area contributed by atoms with Crippen LogP contribution in [0, 0.1) is 45.3 Å². The van der Waals surface area contributed by atoms with Gasteiger partial charge in [0.25, 0.3) is 0 Å². The number of fused-ring (bicyclic) bond motifs is 5. The molecule has 4 saturated heterocycles. The van der Waals surface area contributed by atoms with Crippen molar-refractivity contribution in [2.24, 2.45) is 45.3 Å². The Labute approximate surface area is 393 Å². The molecule has 4 saturated carbocycles. The van der Waals surface area contributed by atoms with Crippen LogP contribution in [0.2, 0.25) is 0 Å².